The van der Waals surface area contributed by atoms with Crippen molar-refractivity contribution in [3.8, 4) is 5.75 Å². The van der Waals surface area contributed by atoms with E-state index in [0.29, 0.717) is 23.9 Å². The summed E-state index contributed by atoms with van der Waals surface area (Å²) in [5.41, 5.74) is 3.90. The lowest BCUT2D eigenvalue weighted by molar-refractivity contribution is -0.123. The van der Waals surface area contributed by atoms with E-state index in [1.54, 1.807) is 13.2 Å². The van der Waals surface area contributed by atoms with Crippen LogP contribution >= 0.6 is 11.8 Å². The highest BCUT2D eigenvalue weighted by Gasteiger charge is 2.35. The summed E-state index contributed by atoms with van der Waals surface area (Å²) in [5.74, 6) is 0.397. The van der Waals surface area contributed by atoms with E-state index in [1.807, 2.05) is 49.4 Å². The number of amides is 2. The molecule has 6 nitrogen and oxygen atoms in total. The molecule has 156 valence electrons. The van der Waals surface area contributed by atoms with Crippen molar-refractivity contribution in [1.82, 2.24) is 4.90 Å². The summed E-state index contributed by atoms with van der Waals surface area (Å²) in [6.45, 7) is 5.36. The second-order valence-electron chi connectivity index (χ2n) is 7.28. The van der Waals surface area contributed by atoms with E-state index in [1.165, 1.54) is 4.90 Å². The summed E-state index contributed by atoms with van der Waals surface area (Å²) in [4.78, 5) is 29.2. The molecule has 2 fully saturated rings. The van der Waals surface area contributed by atoms with Gasteiger partial charge in [-0.1, -0.05) is 29.8 Å². The molecule has 0 radical (unpaired) electrons. The smallest absolute Gasteiger partial charge is 0.293 e. The molecule has 2 aromatic carbocycles. The van der Waals surface area contributed by atoms with Crippen molar-refractivity contribution in [3.05, 3.63) is 64.1 Å². The van der Waals surface area contributed by atoms with Gasteiger partial charge in [-0.15, -0.1) is 0 Å². The van der Waals surface area contributed by atoms with Crippen LogP contribution in [0.2, 0.25) is 0 Å². The van der Waals surface area contributed by atoms with Gasteiger partial charge < -0.3 is 14.4 Å². The van der Waals surface area contributed by atoms with Gasteiger partial charge in [0.05, 0.1) is 31.8 Å². The summed E-state index contributed by atoms with van der Waals surface area (Å²) in [7, 11) is 1.61. The molecular formula is C23H24N2O4S. The lowest BCUT2D eigenvalue weighted by Crippen LogP contribution is -2.36. The standard InChI is InChI=1S/C23H24N2O4S/c1-16-3-5-17(6-4-16)15-25-22(26)21(30-23(25)27)13-18-7-8-19(14-20(18)28-2)24-9-11-29-12-10-24/h3-8,13-14H,9-12,15H2,1-2H3/b21-13-. The molecule has 2 heterocycles. The Balaban J connectivity index is 1.54. The number of imide groups is 1. The Bertz CT molecular complexity index is 981. The van der Waals surface area contributed by atoms with Crippen molar-refractivity contribution in [1.29, 1.82) is 0 Å². The fraction of sp³-hybridized carbons (Fsp3) is 0.304. The van der Waals surface area contributed by atoms with Crippen LogP contribution in [-0.2, 0) is 16.1 Å². The maximum Gasteiger partial charge on any atom is 0.293 e. The van der Waals surface area contributed by atoms with Gasteiger partial charge in [-0.2, -0.15) is 0 Å². The molecule has 30 heavy (non-hydrogen) atoms. The van der Waals surface area contributed by atoms with Crippen LogP contribution < -0.4 is 9.64 Å². The number of morpholine rings is 1. The van der Waals surface area contributed by atoms with E-state index < -0.39 is 0 Å². The molecule has 2 amide bonds. The number of ether oxygens (including phenoxy) is 2. The quantitative estimate of drug-likeness (QED) is 0.674. The average Bonchev–Trinajstić information content (AvgIpc) is 3.03. The maximum atomic E-state index is 12.9. The third-order valence-electron chi connectivity index (χ3n) is 5.21. The Labute approximate surface area is 180 Å². The van der Waals surface area contributed by atoms with Crippen molar-refractivity contribution in [2.24, 2.45) is 0 Å². The molecule has 2 aliphatic rings. The summed E-state index contributed by atoms with van der Waals surface area (Å²) < 4.78 is 11.0. The number of benzene rings is 2. The molecule has 4 rings (SSSR count). The predicted octanol–water partition coefficient (Wildman–Crippen LogP) is 4.08. The number of methoxy groups -OCH3 is 1. The zero-order chi connectivity index (χ0) is 21.1. The molecular weight excluding hydrogens is 400 g/mol. The van der Waals surface area contributed by atoms with Crippen molar-refractivity contribution < 1.29 is 19.1 Å². The molecule has 0 aliphatic carbocycles. The summed E-state index contributed by atoms with van der Waals surface area (Å²) in [5, 5.41) is -0.254. The van der Waals surface area contributed by atoms with Crippen molar-refractivity contribution in [2.45, 2.75) is 13.5 Å². The molecule has 2 aromatic rings. The van der Waals surface area contributed by atoms with Crippen molar-refractivity contribution in [2.75, 3.05) is 38.3 Å². The van der Waals surface area contributed by atoms with Gasteiger partial charge in [0.1, 0.15) is 5.75 Å². The van der Waals surface area contributed by atoms with E-state index in [-0.39, 0.29) is 17.7 Å². The van der Waals surface area contributed by atoms with Gasteiger partial charge in [0.15, 0.2) is 0 Å². The minimum absolute atomic E-state index is 0.254. The van der Waals surface area contributed by atoms with Crippen LogP contribution in [0.1, 0.15) is 16.7 Å². The number of anilines is 1. The Morgan fingerprint density at radius 3 is 2.53 bits per heavy atom. The number of carbonyl (C=O) groups excluding carboxylic acids is 2. The third kappa shape index (κ3) is 4.37. The molecule has 0 unspecified atom stereocenters. The molecule has 7 heteroatoms. The fourth-order valence-corrected chi connectivity index (χ4v) is 4.32. The van der Waals surface area contributed by atoms with E-state index in [4.69, 9.17) is 9.47 Å². The van der Waals surface area contributed by atoms with Crippen LogP contribution in [0, 0.1) is 6.92 Å². The first-order valence-electron chi connectivity index (χ1n) is 9.87. The van der Waals surface area contributed by atoms with Crippen LogP contribution in [-0.4, -0.2) is 49.5 Å². The van der Waals surface area contributed by atoms with Crippen molar-refractivity contribution >= 4 is 34.7 Å². The highest BCUT2D eigenvalue weighted by atomic mass is 32.2. The second kappa shape index (κ2) is 8.93. The second-order valence-corrected chi connectivity index (χ2v) is 8.27. The number of rotatable bonds is 5. The molecule has 0 N–H and O–H groups in total. The zero-order valence-electron chi connectivity index (χ0n) is 17.1. The first kappa shape index (κ1) is 20.5. The van der Waals surface area contributed by atoms with Crippen LogP contribution in [0.3, 0.4) is 0 Å². The Hall–Kier alpha value is -2.77. The third-order valence-corrected chi connectivity index (χ3v) is 6.12. The highest BCUT2D eigenvalue weighted by molar-refractivity contribution is 8.18. The van der Waals surface area contributed by atoms with Gasteiger partial charge in [-0.25, -0.2) is 0 Å². The van der Waals surface area contributed by atoms with Gasteiger partial charge in [0, 0.05) is 30.4 Å². The molecule has 2 saturated heterocycles. The normalized spacial score (nSPS) is 18.4. The molecule has 0 atom stereocenters. The minimum Gasteiger partial charge on any atom is -0.496 e. The molecule has 0 saturated carbocycles. The average molecular weight is 425 g/mol. The van der Waals surface area contributed by atoms with Crippen LogP contribution in [0.15, 0.2) is 47.4 Å². The van der Waals surface area contributed by atoms with Crippen molar-refractivity contribution in [3.63, 3.8) is 0 Å². The molecule has 0 aromatic heterocycles. The SMILES string of the molecule is COc1cc(N2CCOCC2)ccc1/C=C1\SC(=O)N(Cc2ccc(C)cc2)C1=O. The number of nitrogens with zero attached hydrogens (tertiary/aromatic N) is 2. The first-order valence-corrected chi connectivity index (χ1v) is 10.7. The fourth-order valence-electron chi connectivity index (χ4n) is 3.49. The van der Waals surface area contributed by atoms with Gasteiger partial charge in [0.2, 0.25) is 0 Å². The Morgan fingerprint density at radius 2 is 1.83 bits per heavy atom. The van der Waals surface area contributed by atoms with Gasteiger partial charge >= 0.3 is 0 Å². The number of carbonyl (C=O) groups is 2. The van der Waals surface area contributed by atoms with E-state index in [9.17, 15) is 9.59 Å². The van der Waals surface area contributed by atoms with Crippen LogP contribution in [0.25, 0.3) is 6.08 Å². The van der Waals surface area contributed by atoms with E-state index in [2.05, 4.69) is 4.90 Å². The van der Waals surface area contributed by atoms with Crippen LogP contribution in [0.5, 0.6) is 5.75 Å². The summed E-state index contributed by atoms with van der Waals surface area (Å²) in [6.07, 6.45) is 1.74. The summed E-state index contributed by atoms with van der Waals surface area (Å²) in [6, 6.07) is 13.7. The Morgan fingerprint density at radius 1 is 1.10 bits per heavy atom. The van der Waals surface area contributed by atoms with Gasteiger partial charge in [0.25, 0.3) is 11.1 Å². The predicted molar refractivity (Wildman–Crippen MR) is 119 cm³/mol. The molecule has 2 aliphatic heterocycles. The largest absolute Gasteiger partial charge is 0.496 e. The number of aryl methyl sites for hydroxylation is 1. The molecule has 0 spiro atoms. The number of hydrogen-bond acceptors (Lipinski definition) is 6. The number of hydrogen-bond donors (Lipinski definition) is 0. The number of thioether (sulfide) groups is 1. The minimum atomic E-state index is -0.273. The van der Waals surface area contributed by atoms with E-state index >= 15 is 0 Å². The van der Waals surface area contributed by atoms with E-state index in [0.717, 1.165) is 47.2 Å². The summed E-state index contributed by atoms with van der Waals surface area (Å²) >= 11 is 0.967. The lowest BCUT2D eigenvalue weighted by atomic mass is 10.1. The topological polar surface area (TPSA) is 59.1 Å². The monoisotopic (exact) mass is 424 g/mol. The van der Waals surface area contributed by atoms with Crippen LogP contribution in [0.4, 0.5) is 10.5 Å². The zero-order valence-corrected chi connectivity index (χ0v) is 17.9. The van der Waals surface area contributed by atoms with Gasteiger partial charge in [-0.3, -0.25) is 14.5 Å². The highest BCUT2D eigenvalue weighted by Crippen LogP contribution is 2.36. The maximum absolute atomic E-state index is 12.9. The first-order chi connectivity index (χ1) is 14.5. The molecule has 0 bridgehead atoms. The Kier molecular flexibility index (Phi) is 6.11. The lowest BCUT2D eigenvalue weighted by Gasteiger charge is -2.29. The van der Waals surface area contributed by atoms with Gasteiger partial charge in [-0.05, 0) is 42.5 Å².